The van der Waals surface area contributed by atoms with Crippen LogP contribution in [0.4, 0.5) is 0 Å². The van der Waals surface area contributed by atoms with Crippen LogP contribution in [0.1, 0.15) is 33.6 Å². The van der Waals surface area contributed by atoms with Gasteiger partial charge < -0.3 is 0 Å². The van der Waals surface area contributed by atoms with Crippen LogP contribution in [-0.2, 0) is 4.79 Å². The molecule has 0 heterocycles. The van der Waals surface area contributed by atoms with Crippen molar-refractivity contribution in [2.24, 2.45) is 11.7 Å². The van der Waals surface area contributed by atoms with E-state index in [2.05, 4.69) is 18.8 Å². The first-order valence-corrected chi connectivity index (χ1v) is 7.87. The number of primary amides is 1. The number of rotatable bonds is 5. The molecule has 0 saturated carbocycles. The standard InChI is InChI=1S/C9H19NOTe/c1-5-7(6-2)9(3,12-4)8(10)11/h7H,5-6H2,1-4H3,(H2,10,11). The van der Waals surface area contributed by atoms with Crippen molar-refractivity contribution in [1.29, 1.82) is 0 Å². The molecule has 0 fully saturated rings. The molecule has 1 unspecified atom stereocenters. The molecule has 0 saturated heterocycles. The quantitative estimate of drug-likeness (QED) is 0.769. The monoisotopic (exact) mass is 287 g/mol. The maximum atomic E-state index is 11.3. The van der Waals surface area contributed by atoms with E-state index in [4.69, 9.17) is 5.73 Å². The summed E-state index contributed by atoms with van der Waals surface area (Å²) in [5, 5.41) is 0. The summed E-state index contributed by atoms with van der Waals surface area (Å²) in [6.07, 6.45) is 2.13. The second-order valence-corrected chi connectivity index (χ2v) is 6.77. The van der Waals surface area contributed by atoms with Gasteiger partial charge in [-0.1, -0.05) is 0 Å². The molecule has 0 bridgehead atoms. The summed E-state index contributed by atoms with van der Waals surface area (Å²) in [4.78, 5) is 13.4. The van der Waals surface area contributed by atoms with Gasteiger partial charge in [0.15, 0.2) is 0 Å². The van der Waals surface area contributed by atoms with Crippen LogP contribution in [-0.4, -0.2) is 26.8 Å². The van der Waals surface area contributed by atoms with Gasteiger partial charge in [-0.25, -0.2) is 0 Å². The van der Waals surface area contributed by atoms with E-state index < -0.39 is 0 Å². The number of carbonyl (C=O) groups excluding carboxylic acids is 1. The van der Waals surface area contributed by atoms with Crippen molar-refractivity contribution in [1.82, 2.24) is 0 Å². The van der Waals surface area contributed by atoms with E-state index in [1.54, 1.807) is 0 Å². The Labute approximate surface area is 85.4 Å². The Kier molecular flexibility index (Phi) is 5.20. The van der Waals surface area contributed by atoms with Gasteiger partial charge in [-0.15, -0.1) is 0 Å². The molecule has 0 aromatic carbocycles. The molecule has 0 aliphatic carbocycles. The fraction of sp³-hybridized carbons (Fsp3) is 0.889. The van der Waals surface area contributed by atoms with E-state index in [0.717, 1.165) is 12.8 Å². The molecule has 3 heteroatoms. The molecule has 72 valence electrons. The minimum absolute atomic E-state index is 0.0962. The van der Waals surface area contributed by atoms with Crippen LogP contribution < -0.4 is 5.73 Å². The summed E-state index contributed by atoms with van der Waals surface area (Å²) in [6, 6.07) is 0. The van der Waals surface area contributed by atoms with Crippen LogP contribution in [0.5, 0.6) is 0 Å². The predicted molar refractivity (Wildman–Crippen MR) is 53.3 cm³/mol. The van der Waals surface area contributed by atoms with Gasteiger partial charge in [-0.05, 0) is 0 Å². The zero-order valence-electron chi connectivity index (χ0n) is 8.39. The molecule has 12 heavy (non-hydrogen) atoms. The number of carbonyl (C=O) groups is 1. The van der Waals surface area contributed by atoms with Gasteiger partial charge in [-0.3, -0.25) is 0 Å². The zero-order valence-corrected chi connectivity index (χ0v) is 10.7. The molecular formula is C9H19NOTe. The van der Waals surface area contributed by atoms with Crippen LogP contribution in [0, 0.1) is 5.92 Å². The van der Waals surface area contributed by atoms with Crippen LogP contribution >= 0.6 is 0 Å². The Morgan fingerprint density at radius 2 is 1.92 bits per heavy atom. The van der Waals surface area contributed by atoms with E-state index in [1.807, 2.05) is 6.92 Å². The SMILES string of the molecule is CCC(CC)C(C)([Te]C)C(N)=O. The minimum atomic E-state index is -0.283. The number of hydrogen-bond acceptors (Lipinski definition) is 1. The van der Waals surface area contributed by atoms with Gasteiger partial charge in [0.25, 0.3) is 0 Å². The predicted octanol–water partition coefficient (Wildman–Crippen LogP) is 1.84. The van der Waals surface area contributed by atoms with Crippen LogP contribution in [0.15, 0.2) is 0 Å². The fourth-order valence-electron chi connectivity index (χ4n) is 1.54. The van der Waals surface area contributed by atoms with E-state index >= 15 is 0 Å². The zero-order chi connectivity index (χ0) is 9.78. The van der Waals surface area contributed by atoms with Gasteiger partial charge in [0, 0.05) is 0 Å². The first kappa shape index (κ1) is 12.3. The van der Waals surface area contributed by atoms with Gasteiger partial charge in [0.2, 0.25) is 0 Å². The second-order valence-electron chi connectivity index (χ2n) is 3.19. The molecule has 0 spiro atoms. The summed E-state index contributed by atoms with van der Waals surface area (Å²) in [6.45, 7) is 6.31. The van der Waals surface area contributed by atoms with Gasteiger partial charge in [0.05, 0.1) is 0 Å². The first-order chi connectivity index (χ1) is 5.52. The van der Waals surface area contributed by atoms with Crippen LogP contribution in [0.2, 0.25) is 8.43 Å². The Balaban J connectivity index is 4.58. The van der Waals surface area contributed by atoms with Gasteiger partial charge >= 0.3 is 85.3 Å². The third kappa shape index (κ3) is 2.37. The fourth-order valence-corrected chi connectivity index (χ4v) is 4.01. The van der Waals surface area contributed by atoms with Crippen LogP contribution in [0.25, 0.3) is 0 Å². The molecule has 2 N–H and O–H groups in total. The molecule has 1 atom stereocenters. The van der Waals surface area contributed by atoms with Crippen molar-refractivity contribution < 1.29 is 4.79 Å². The van der Waals surface area contributed by atoms with Gasteiger partial charge in [0.1, 0.15) is 0 Å². The summed E-state index contributed by atoms with van der Waals surface area (Å²) in [7, 11) is 0. The number of nitrogens with two attached hydrogens (primary N) is 1. The Morgan fingerprint density at radius 3 is 2.00 bits per heavy atom. The van der Waals surface area contributed by atoms with Crippen molar-refractivity contribution in [3.63, 3.8) is 0 Å². The van der Waals surface area contributed by atoms with E-state index in [-0.39, 0.29) is 30.3 Å². The third-order valence-electron chi connectivity index (χ3n) is 2.68. The molecule has 0 aromatic rings. The maximum absolute atomic E-state index is 11.3. The topological polar surface area (TPSA) is 43.1 Å². The van der Waals surface area contributed by atoms with Gasteiger partial charge in [-0.2, -0.15) is 0 Å². The molecule has 0 rings (SSSR count). The van der Waals surface area contributed by atoms with Crippen LogP contribution in [0.3, 0.4) is 0 Å². The second kappa shape index (κ2) is 5.09. The molecule has 0 radical (unpaired) electrons. The number of amides is 1. The molecular weight excluding hydrogens is 266 g/mol. The molecule has 1 amide bonds. The molecule has 2 nitrogen and oxygen atoms in total. The summed E-state index contributed by atoms with van der Waals surface area (Å²) < 4.78 is -0.172. The summed E-state index contributed by atoms with van der Waals surface area (Å²) in [5.74, 6) is 0.392. The van der Waals surface area contributed by atoms with Crippen molar-refractivity contribution in [2.75, 3.05) is 0 Å². The average molecular weight is 285 g/mol. The van der Waals surface area contributed by atoms with E-state index in [0.29, 0.717) is 5.92 Å². The van der Waals surface area contributed by atoms with Crippen molar-refractivity contribution >= 4 is 26.8 Å². The average Bonchev–Trinajstić information content (AvgIpc) is 2.05. The van der Waals surface area contributed by atoms with Crippen molar-refractivity contribution in [3.05, 3.63) is 0 Å². The van der Waals surface area contributed by atoms with Crippen molar-refractivity contribution in [2.45, 2.75) is 42.0 Å². The van der Waals surface area contributed by atoms with E-state index in [1.165, 1.54) is 0 Å². The number of hydrogen-bond donors (Lipinski definition) is 1. The summed E-state index contributed by atoms with van der Waals surface area (Å²) in [5.41, 5.74) is 5.43. The molecule has 0 aromatic heterocycles. The Bertz CT molecular complexity index is 157. The Hall–Kier alpha value is 0.260. The Morgan fingerprint density at radius 1 is 1.50 bits per heavy atom. The normalized spacial score (nSPS) is 16.1. The van der Waals surface area contributed by atoms with Crippen molar-refractivity contribution in [3.8, 4) is 0 Å². The third-order valence-corrected chi connectivity index (χ3v) is 6.62. The summed E-state index contributed by atoms with van der Waals surface area (Å²) >= 11 is -0.283. The van der Waals surface area contributed by atoms with E-state index in [9.17, 15) is 4.79 Å². The first-order valence-electron chi connectivity index (χ1n) is 4.37. The molecule has 0 aliphatic heterocycles. The molecule has 0 aliphatic rings.